The number of esters is 2. The number of carboxylic acid groups (broad SMARTS) is 1. The zero-order valence-corrected chi connectivity index (χ0v) is 15.2. The van der Waals surface area contributed by atoms with Crippen molar-refractivity contribution < 1.29 is 29.0 Å². The number of hydrogen-bond acceptors (Lipinski definition) is 8. The zero-order valence-electron chi connectivity index (χ0n) is 15.2. The molecule has 0 aliphatic carbocycles. The van der Waals surface area contributed by atoms with E-state index in [1.165, 1.54) is 31.0 Å². The minimum Gasteiger partial charge on any atom is -0.477 e. The Kier molecular flexibility index (Phi) is 6.77. The molecule has 0 saturated heterocycles. The predicted molar refractivity (Wildman–Crippen MR) is 97.0 cm³/mol. The Balaban J connectivity index is 0.000000209. The molecule has 0 atom stereocenters. The summed E-state index contributed by atoms with van der Waals surface area (Å²) in [4.78, 5) is 36.9. The second-order valence-electron chi connectivity index (χ2n) is 5.32. The minimum atomic E-state index is -1.21. The van der Waals surface area contributed by atoms with Gasteiger partial charge in [0.25, 0.3) is 0 Å². The number of aromatic nitrogens is 3. The summed E-state index contributed by atoms with van der Waals surface area (Å²) in [7, 11) is 2.57. The van der Waals surface area contributed by atoms with Gasteiger partial charge in [0.05, 0.1) is 26.0 Å². The molecule has 3 rings (SSSR count). The molecular weight excluding hydrogens is 368 g/mol. The first-order valence-corrected chi connectivity index (χ1v) is 7.95. The van der Waals surface area contributed by atoms with Gasteiger partial charge in [-0.15, -0.1) is 0 Å². The standard InChI is InChI=1S/C9H7N3O4.C9H11NO2/c1-16-9(15)6-4-5(8(13)14)11-7-2-3-10-12(6)7;1-12-9(11)8-4-2-7(6-10)3-5-8/h2-4H,1H3,(H,13,14);2-5H,6,10H2,1H3. The summed E-state index contributed by atoms with van der Waals surface area (Å²) >= 11 is 0. The highest BCUT2D eigenvalue weighted by Gasteiger charge is 2.16. The average Bonchev–Trinajstić information content (AvgIpc) is 3.21. The van der Waals surface area contributed by atoms with Crippen molar-refractivity contribution in [3.63, 3.8) is 0 Å². The molecule has 2 aromatic heterocycles. The van der Waals surface area contributed by atoms with Crippen LogP contribution in [0.2, 0.25) is 0 Å². The van der Waals surface area contributed by atoms with Crippen molar-refractivity contribution in [3.05, 3.63) is 65.1 Å². The van der Waals surface area contributed by atoms with Crippen molar-refractivity contribution >= 4 is 23.6 Å². The van der Waals surface area contributed by atoms with E-state index >= 15 is 0 Å². The van der Waals surface area contributed by atoms with Crippen molar-refractivity contribution in [2.75, 3.05) is 14.2 Å². The van der Waals surface area contributed by atoms with Gasteiger partial charge in [0.1, 0.15) is 0 Å². The van der Waals surface area contributed by atoms with Crippen LogP contribution >= 0.6 is 0 Å². The fourth-order valence-corrected chi connectivity index (χ4v) is 2.17. The normalized spacial score (nSPS) is 9.96. The van der Waals surface area contributed by atoms with Gasteiger partial charge >= 0.3 is 17.9 Å². The lowest BCUT2D eigenvalue weighted by Gasteiger charge is -2.03. The number of ether oxygens (including phenoxy) is 2. The Bertz CT molecular complexity index is 997. The Morgan fingerprint density at radius 3 is 2.25 bits per heavy atom. The van der Waals surface area contributed by atoms with Gasteiger partial charge in [-0.25, -0.2) is 23.9 Å². The maximum atomic E-state index is 11.4. The van der Waals surface area contributed by atoms with Crippen LogP contribution in [-0.4, -0.2) is 51.8 Å². The number of nitrogens with two attached hydrogens (primary N) is 1. The highest BCUT2D eigenvalue weighted by atomic mass is 16.5. The molecule has 2 heterocycles. The fourth-order valence-electron chi connectivity index (χ4n) is 2.17. The number of hydrogen-bond donors (Lipinski definition) is 2. The van der Waals surface area contributed by atoms with E-state index in [-0.39, 0.29) is 23.0 Å². The maximum Gasteiger partial charge on any atom is 0.356 e. The van der Waals surface area contributed by atoms with E-state index in [0.29, 0.717) is 12.1 Å². The Morgan fingerprint density at radius 2 is 1.71 bits per heavy atom. The summed E-state index contributed by atoms with van der Waals surface area (Å²) in [5.74, 6) is -2.20. The molecule has 0 aliphatic rings. The maximum absolute atomic E-state index is 11.4. The smallest absolute Gasteiger partial charge is 0.356 e. The van der Waals surface area contributed by atoms with E-state index in [9.17, 15) is 14.4 Å². The highest BCUT2D eigenvalue weighted by Crippen LogP contribution is 2.08. The van der Waals surface area contributed by atoms with E-state index in [4.69, 9.17) is 10.8 Å². The molecule has 0 spiro atoms. The van der Waals surface area contributed by atoms with Crippen molar-refractivity contribution in [1.82, 2.24) is 14.6 Å². The summed E-state index contributed by atoms with van der Waals surface area (Å²) < 4.78 is 10.3. The summed E-state index contributed by atoms with van der Waals surface area (Å²) in [6.45, 7) is 0.488. The largest absolute Gasteiger partial charge is 0.477 e. The number of methoxy groups -OCH3 is 2. The van der Waals surface area contributed by atoms with Crippen molar-refractivity contribution in [1.29, 1.82) is 0 Å². The number of fused-ring (bicyclic) bond motifs is 1. The molecule has 3 N–H and O–H groups in total. The zero-order chi connectivity index (χ0) is 20.7. The van der Waals surface area contributed by atoms with Gasteiger partial charge in [0.15, 0.2) is 17.0 Å². The van der Waals surface area contributed by atoms with Crippen molar-refractivity contribution in [2.24, 2.45) is 5.73 Å². The molecule has 0 aliphatic heterocycles. The number of carbonyl (C=O) groups is 3. The van der Waals surface area contributed by atoms with Gasteiger partial charge in [-0.05, 0) is 17.7 Å². The van der Waals surface area contributed by atoms with Crippen LogP contribution in [0.25, 0.3) is 5.65 Å². The molecule has 28 heavy (non-hydrogen) atoms. The fraction of sp³-hybridized carbons (Fsp3) is 0.167. The number of nitrogens with zero attached hydrogens (tertiary/aromatic N) is 3. The Hall–Kier alpha value is -3.79. The van der Waals surface area contributed by atoms with E-state index in [2.05, 4.69) is 19.6 Å². The van der Waals surface area contributed by atoms with E-state index in [1.807, 2.05) is 12.1 Å². The molecule has 146 valence electrons. The SMILES string of the molecule is COC(=O)c1cc(C(=O)O)nc2ccnn12.COC(=O)c1ccc(CN)cc1. The first-order valence-electron chi connectivity index (χ1n) is 7.95. The molecule has 0 unspecified atom stereocenters. The molecule has 1 aromatic carbocycles. The van der Waals surface area contributed by atoms with Crippen LogP contribution in [0.4, 0.5) is 0 Å². The first kappa shape index (κ1) is 20.5. The van der Waals surface area contributed by atoms with Crippen LogP contribution in [0.3, 0.4) is 0 Å². The monoisotopic (exact) mass is 386 g/mol. The molecule has 0 radical (unpaired) electrons. The van der Waals surface area contributed by atoms with Gasteiger partial charge < -0.3 is 20.3 Å². The lowest BCUT2D eigenvalue weighted by atomic mass is 10.1. The van der Waals surface area contributed by atoms with Crippen molar-refractivity contribution in [2.45, 2.75) is 6.54 Å². The molecule has 0 bridgehead atoms. The number of benzene rings is 1. The van der Waals surface area contributed by atoms with Crippen LogP contribution in [0, 0.1) is 0 Å². The topological polar surface area (TPSA) is 146 Å². The second-order valence-corrected chi connectivity index (χ2v) is 5.32. The third-order valence-electron chi connectivity index (χ3n) is 3.58. The molecule has 0 saturated carbocycles. The van der Waals surface area contributed by atoms with Crippen LogP contribution in [0.5, 0.6) is 0 Å². The van der Waals surface area contributed by atoms with E-state index < -0.39 is 11.9 Å². The van der Waals surface area contributed by atoms with Gasteiger partial charge in [0.2, 0.25) is 0 Å². The molecule has 10 nitrogen and oxygen atoms in total. The van der Waals surface area contributed by atoms with E-state index in [1.54, 1.807) is 12.1 Å². The molecular formula is C18H18N4O6. The van der Waals surface area contributed by atoms with Crippen LogP contribution in [0.15, 0.2) is 42.6 Å². The summed E-state index contributed by atoms with van der Waals surface area (Å²) in [5, 5.41) is 12.7. The summed E-state index contributed by atoms with van der Waals surface area (Å²) in [5.41, 5.74) is 7.02. The van der Waals surface area contributed by atoms with Gasteiger partial charge in [0, 0.05) is 18.7 Å². The number of carboxylic acids is 1. The quantitative estimate of drug-likeness (QED) is 0.630. The molecule has 3 aromatic rings. The van der Waals surface area contributed by atoms with E-state index in [0.717, 1.165) is 11.6 Å². The van der Waals surface area contributed by atoms with Crippen LogP contribution < -0.4 is 5.73 Å². The minimum absolute atomic E-state index is 0.0231. The van der Waals surface area contributed by atoms with Crippen LogP contribution in [-0.2, 0) is 16.0 Å². The molecule has 10 heteroatoms. The Morgan fingerprint density at radius 1 is 1.07 bits per heavy atom. The highest BCUT2D eigenvalue weighted by molar-refractivity contribution is 5.93. The lowest BCUT2D eigenvalue weighted by Crippen LogP contribution is -2.13. The lowest BCUT2D eigenvalue weighted by molar-refractivity contribution is 0.0585. The predicted octanol–water partition coefficient (Wildman–Crippen LogP) is 1.15. The summed E-state index contributed by atoms with van der Waals surface area (Å²) in [6.07, 6.45) is 1.42. The van der Waals surface area contributed by atoms with Gasteiger partial charge in [-0.3, -0.25) is 0 Å². The summed E-state index contributed by atoms with van der Waals surface area (Å²) in [6, 6.07) is 9.65. The third-order valence-corrected chi connectivity index (χ3v) is 3.58. The van der Waals surface area contributed by atoms with Crippen LogP contribution in [0.1, 0.15) is 36.9 Å². The molecule has 0 fully saturated rings. The number of carbonyl (C=O) groups excluding carboxylic acids is 2. The number of rotatable bonds is 4. The van der Waals surface area contributed by atoms with Gasteiger partial charge in [-0.2, -0.15) is 5.10 Å². The average molecular weight is 386 g/mol. The third kappa shape index (κ3) is 4.68. The van der Waals surface area contributed by atoms with Crippen molar-refractivity contribution in [3.8, 4) is 0 Å². The second kappa shape index (κ2) is 9.24. The molecule has 0 amide bonds. The van der Waals surface area contributed by atoms with Gasteiger partial charge in [-0.1, -0.05) is 12.1 Å². The first-order chi connectivity index (χ1) is 13.4. The Labute approximate surface area is 159 Å². The number of aromatic carboxylic acids is 1.